The third kappa shape index (κ3) is 2.85. The van der Waals surface area contributed by atoms with Gasteiger partial charge in [-0.1, -0.05) is 56.7 Å². The molecule has 1 nitrogen and oxygen atoms in total. The van der Waals surface area contributed by atoms with E-state index < -0.39 is 0 Å². The minimum absolute atomic E-state index is 0.184. The predicted molar refractivity (Wildman–Crippen MR) is 72.5 cm³/mol. The van der Waals surface area contributed by atoms with Gasteiger partial charge in [0, 0.05) is 17.5 Å². The SMILES string of the molecule is CC.CCC1(C)C=CC2C=CC(C)=CC2N1. The average Bonchev–Trinajstić information content (AvgIpc) is 2.31. The fourth-order valence-electron chi connectivity index (χ4n) is 2.13. The molecule has 0 radical (unpaired) electrons. The summed E-state index contributed by atoms with van der Waals surface area (Å²) in [4.78, 5) is 0. The second-order valence-corrected chi connectivity index (χ2v) is 4.65. The highest BCUT2D eigenvalue weighted by Gasteiger charge is 2.30. The van der Waals surface area contributed by atoms with Crippen molar-refractivity contribution in [1.29, 1.82) is 0 Å². The van der Waals surface area contributed by atoms with Gasteiger partial charge in [-0.25, -0.2) is 0 Å². The van der Waals surface area contributed by atoms with Crippen LogP contribution in [0.3, 0.4) is 0 Å². The fraction of sp³-hybridized carbons (Fsp3) is 0.600. The average molecular weight is 219 g/mol. The van der Waals surface area contributed by atoms with Crippen LogP contribution < -0.4 is 5.32 Å². The van der Waals surface area contributed by atoms with Crippen molar-refractivity contribution in [2.24, 2.45) is 5.92 Å². The molecule has 1 aliphatic heterocycles. The van der Waals surface area contributed by atoms with Crippen LogP contribution in [-0.2, 0) is 0 Å². The lowest BCUT2D eigenvalue weighted by atomic mass is 9.83. The normalized spacial score (nSPS) is 35.9. The molecule has 2 aliphatic rings. The van der Waals surface area contributed by atoms with Gasteiger partial charge < -0.3 is 5.32 Å². The molecule has 1 heterocycles. The Balaban J connectivity index is 0.000000606. The van der Waals surface area contributed by atoms with E-state index in [1.165, 1.54) is 5.57 Å². The largest absolute Gasteiger partial charge is 0.301 e. The van der Waals surface area contributed by atoms with Gasteiger partial charge in [-0.05, 0) is 20.3 Å². The van der Waals surface area contributed by atoms with Crippen LogP contribution in [0, 0.1) is 5.92 Å². The minimum Gasteiger partial charge on any atom is -0.301 e. The van der Waals surface area contributed by atoms with E-state index in [9.17, 15) is 0 Å². The van der Waals surface area contributed by atoms with Crippen LogP contribution in [-0.4, -0.2) is 11.6 Å². The van der Waals surface area contributed by atoms with Crippen LogP contribution >= 0.6 is 0 Å². The van der Waals surface area contributed by atoms with Crippen LogP contribution in [0.5, 0.6) is 0 Å². The summed E-state index contributed by atoms with van der Waals surface area (Å²) >= 11 is 0. The maximum atomic E-state index is 3.70. The van der Waals surface area contributed by atoms with Gasteiger partial charge in [-0.2, -0.15) is 0 Å². The third-order valence-corrected chi connectivity index (χ3v) is 3.36. The van der Waals surface area contributed by atoms with Crippen molar-refractivity contribution in [3.63, 3.8) is 0 Å². The molecule has 0 amide bonds. The molecular weight excluding hydrogens is 194 g/mol. The topological polar surface area (TPSA) is 12.0 Å². The van der Waals surface area contributed by atoms with Crippen molar-refractivity contribution in [3.05, 3.63) is 36.0 Å². The Morgan fingerprint density at radius 2 is 2.00 bits per heavy atom. The van der Waals surface area contributed by atoms with Gasteiger partial charge in [0.15, 0.2) is 0 Å². The molecule has 1 aliphatic carbocycles. The highest BCUT2D eigenvalue weighted by atomic mass is 15.0. The molecule has 16 heavy (non-hydrogen) atoms. The summed E-state index contributed by atoms with van der Waals surface area (Å²) in [7, 11) is 0. The Labute approximate surface area is 100 Å². The van der Waals surface area contributed by atoms with Crippen LogP contribution in [0.15, 0.2) is 36.0 Å². The first-order chi connectivity index (χ1) is 7.63. The molecule has 0 spiro atoms. The molecule has 1 N–H and O–H groups in total. The molecule has 0 saturated heterocycles. The van der Waals surface area contributed by atoms with Crippen molar-refractivity contribution in [3.8, 4) is 0 Å². The van der Waals surface area contributed by atoms with Gasteiger partial charge in [0.25, 0.3) is 0 Å². The lowest BCUT2D eigenvalue weighted by Gasteiger charge is -2.38. The summed E-state index contributed by atoms with van der Waals surface area (Å²) in [6, 6.07) is 0.495. The zero-order valence-electron chi connectivity index (χ0n) is 11.2. The molecule has 0 bridgehead atoms. The van der Waals surface area contributed by atoms with Gasteiger partial charge in [0.2, 0.25) is 0 Å². The van der Waals surface area contributed by atoms with Gasteiger partial charge in [0.05, 0.1) is 0 Å². The van der Waals surface area contributed by atoms with E-state index in [1.54, 1.807) is 0 Å². The van der Waals surface area contributed by atoms with E-state index in [0.29, 0.717) is 12.0 Å². The Morgan fingerprint density at radius 3 is 2.62 bits per heavy atom. The van der Waals surface area contributed by atoms with Gasteiger partial charge >= 0.3 is 0 Å². The number of rotatable bonds is 1. The minimum atomic E-state index is 0.184. The lowest BCUT2D eigenvalue weighted by Crippen LogP contribution is -2.51. The third-order valence-electron chi connectivity index (χ3n) is 3.36. The van der Waals surface area contributed by atoms with Crippen molar-refractivity contribution < 1.29 is 0 Å². The summed E-state index contributed by atoms with van der Waals surface area (Å²) in [5.41, 5.74) is 1.55. The molecule has 0 aromatic heterocycles. The highest BCUT2D eigenvalue weighted by Crippen LogP contribution is 2.27. The van der Waals surface area contributed by atoms with E-state index in [0.717, 1.165) is 6.42 Å². The maximum Gasteiger partial charge on any atom is 0.0361 e. The van der Waals surface area contributed by atoms with E-state index in [1.807, 2.05) is 13.8 Å². The summed E-state index contributed by atoms with van der Waals surface area (Å²) in [5.74, 6) is 0.554. The molecule has 0 aromatic rings. The maximum absolute atomic E-state index is 3.70. The van der Waals surface area contributed by atoms with Crippen molar-refractivity contribution in [1.82, 2.24) is 5.32 Å². The summed E-state index contributed by atoms with van der Waals surface area (Å²) in [6.07, 6.45) is 12.6. The van der Waals surface area contributed by atoms with E-state index in [-0.39, 0.29) is 5.54 Å². The Kier molecular flexibility index (Phi) is 4.55. The van der Waals surface area contributed by atoms with Gasteiger partial charge in [0.1, 0.15) is 0 Å². The first-order valence-corrected chi connectivity index (χ1v) is 6.47. The molecule has 3 atom stereocenters. The Morgan fingerprint density at radius 1 is 1.31 bits per heavy atom. The highest BCUT2D eigenvalue weighted by molar-refractivity contribution is 5.32. The van der Waals surface area contributed by atoms with E-state index >= 15 is 0 Å². The summed E-state index contributed by atoms with van der Waals surface area (Å²) in [6.45, 7) is 10.7. The molecule has 2 rings (SSSR count). The monoisotopic (exact) mass is 219 g/mol. The van der Waals surface area contributed by atoms with Crippen LogP contribution in [0.1, 0.15) is 41.0 Å². The van der Waals surface area contributed by atoms with Crippen molar-refractivity contribution >= 4 is 0 Å². The number of fused-ring (bicyclic) bond motifs is 1. The lowest BCUT2D eigenvalue weighted by molar-refractivity contribution is 0.344. The molecule has 0 aromatic carbocycles. The number of hydrogen-bond donors (Lipinski definition) is 1. The zero-order chi connectivity index (χ0) is 12.2. The van der Waals surface area contributed by atoms with Crippen molar-refractivity contribution in [2.45, 2.75) is 52.6 Å². The molecule has 90 valence electrons. The van der Waals surface area contributed by atoms with Gasteiger partial charge in [-0.3, -0.25) is 0 Å². The van der Waals surface area contributed by atoms with Crippen molar-refractivity contribution in [2.75, 3.05) is 0 Å². The van der Waals surface area contributed by atoms with Crippen LogP contribution in [0.25, 0.3) is 0 Å². The molecule has 0 fully saturated rings. The molecule has 1 heteroatoms. The first-order valence-electron chi connectivity index (χ1n) is 6.47. The van der Waals surface area contributed by atoms with Gasteiger partial charge in [-0.15, -0.1) is 0 Å². The summed E-state index contributed by atoms with van der Waals surface area (Å²) in [5, 5.41) is 3.70. The van der Waals surface area contributed by atoms with E-state index in [2.05, 4.69) is 56.5 Å². The summed E-state index contributed by atoms with van der Waals surface area (Å²) < 4.78 is 0. The first kappa shape index (κ1) is 13.2. The Hall–Kier alpha value is -0.820. The molecule has 0 saturated carbocycles. The second-order valence-electron chi connectivity index (χ2n) is 4.65. The Bertz CT molecular complexity index is 311. The van der Waals surface area contributed by atoms with Crippen LogP contribution in [0.2, 0.25) is 0 Å². The standard InChI is InChI=1S/C13H19N.C2H6/c1-4-13(3)8-7-11-6-5-10(2)9-12(11)14-13;1-2/h5-9,11-12,14H,4H2,1-3H3;1-2H3. The van der Waals surface area contributed by atoms with Crippen LogP contribution in [0.4, 0.5) is 0 Å². The van der Waals surface area contributed by atoms with E-state index in [4.69, 9.17) is 0 Å². The molecule has 3 unspecified atom stereocenters. The zero-order valence-corrected chi connectivity index (χ0v) is 11.2. The fourth-order valence-corrected chi connectivity index (χ4v) is 2.13. The molecular formula is C15H25N. The second kappa shape index (κ2) is 5.49. The smallest absolute Gasteiger partial charge is 0.0361 e. The quantitative estimate of drug-likeness (QED) is 0.661. The number of hydrogen-bond acceptors (Lipinski definition) is 1. The number of nitrogens with one attached hydrogen (secondary N) is 1. The number of allylic oxidation sites excluding steroid dienone is 2. The predicted octanol–water partition coefficient (Wildman–Crippen LogP) is 3.84.